The van der Waals surface area contributed by atoms with Gasteiger partial charge in [0.05, 0.1) is 6.10 Å². The summed E-state index contributed by atoms with van der Waals surface area (Å²) >= 11 is 0. The van der Waals surface area contributed by atoms with Crippen LogP contribution in [0, 0.1) is 0 Å². The SMILES string of the molecule is COC1CCN(c2cc(C(C)N)ccn2)C1. The molecule has 0 bridgehead atoms. The van der Waals surface area contributed by atoms with Crippen LogP contribution in [0.15, 0.2) is 18.3 Å². The van der Waals surface area contributed by atoms with Crippen molar-refractivity contribution in [3.63, 3.8) is 0 Å². The van der Waals surface area contributed by atoms with Crippen LogP contribution in [0.3, 0.4) is 0 Å². The van der Waals surface area contributed by atoms with Gasteiger partial charge >= 0.3 is 0 Å². The molecule has 2 unspecified atom stereocenters. The number of nitrogens with two attached hydrogens (primary N) is 1. The number of hydrogen-bond acceptors (Lipinski definition) is 4. The van der Waals surface area contributed by atoms with E-state index in [9.17, 15) is 0 Å². The van der Waals surface area contributed by atoms with Gasteiger partial charge in [-0.1, -0.05) is 0 Å². The highest BCUT2D eigenvalue weighted by Crippen LogP contribution is 2.21. The molecule has 1 aliphatic rings. The van der Waals surface area contributed by atoms with Gasteiger partial charge in [-0.2, -0.15) is 0 Å². The van der Waals surface area contributed by atoms with Gasteiger partial charge in [0, 0.05) is 32.4 Å². The van der Waals surface area contributed by atoms with E-state index in [0.29, 0.717) is 6.10 Å². The van der Waals surface area contributed by atoms with Gasteiger partial charge < -0.3 is 15.4 Å². The van der Waals surface area contributed by atoms with Crippen LogP contribution in [0.2, 0.25) is 0 Å². The Kier molecular flexibility index (Phi) is 3.41. The van der Waals surface area contributed by atoms with Gasteiger partial charge in [-0.05, 0) is 31.0 Å². The summed E-state index contributed by atoms with van der Waals surface area (Å²) in [6.07, 6.45) is 3.23. The fraction of sp³-hybridized carbons (Fsp3) is 0.583. The van der Waals surface area contributed by atoms with Gasteiger partial charge in [-0.25, -0.2) is 4.98 Å². The van der Waals surface area contributed by atoms with Crippen LogP contribution < -0.4 is 10.6 Å². The molecular formula is C12H19N3O. The van der Waals surface area contributed by atoms with E-state index in [1.807, 2.05) is 19.2 Å². The number of aromatic nitrogens is 1. The normalized spacial score (nSPS) is 22.4. The average Bonchev–Trinajstić information content (AvgIpc) is 2.77. The molecule has 0 radical (unpaired) electrons. The lowest BCUT2D eigenvalue weighted by molar-refractivity contribution is 0.121. The first-order valence-electron chi connectivity index (χ1n) is 5.70. The van der Waals surface area contributed by atoms with E-state index in [1.54, 1.807) is 7.11 Å². The summed E-state index contributed by atoms with van der Waals surface area (Å²) < 4.78 is 5.35. The van der Waals surface area contributed by atoms with Crippen LogP contribution in [0.5, 0.6) is 0 Å². The van der Waals surface area contributed by atoms with E-state index in [1.165, 1.54) is 0 Å². The monoisotopic (exact) mass is 221 g/mol. The third kappa shape index (κ3) is 2.33. The summed E-state index contributed by atoms with van der Waals surface area (Å²) in [6, 6.07) is 4.10. The Morgan fingerprint density at radius 1 is 1.62 bits per heavy atom. The first kappa shape index (κ1) is 11.4. The molecule has 2 rings (SSSR count). The first-order valence-corrected chi connectivity index (χ1v) is 5.70. The van der Waals surface area contributed by atoms with Crippen molar-refractivity contribution in [2.24, 2.45) is 5.73 Å². The Balaban J connectivity index is 2.12. The van der Waals surface area contributed by atoms with Crippen molar-refractivity contribution in [2.45, 2.75) is 25.5 Å². The fourth-order valence-electron chi connectivity index (χ4n) is 2.02. The predicted octanol–water partition coefficient (Wildman–Crippen LogP) is 1.33. The second-order valence-corrected chi connectivity index (χ2v) is 4.33. The van der Waals surface area contributed by atoms with Crippen LogP contribution in [0.1, 0.15) is 24.9 Å². The Morgan fingerprint density at radius 2 is 2.44 bits per heavy atom. The zero-order valence-electron chi connectivity index (χ0n) is 9.89. The van der Waals surface area contributed by atoms with Gasteiger partial charge in [-0.3, -0.25) is 0 Å². The number of anilines is 1. The molecule has 1 aromatic rings. The zero-order chi connectivity index (χ0) is 11.5. The van der Waals surface area contributed by atoms with Gasteiger partial charge in [-0.15, -0.1) is 0 Å². The largest absolute Gasteiger partial charge is 0.380 e. The van der Waals surface area contributed by atoms with E-state index >= 15 is 0 Å². The number of hydrogen-bond donors (Lipinski definition) is 1. The van der Waals surface area contributed by atoms with Crippen LogP contribution in [0.25, 0.3) is 0 Å². The van der Waals surface area contributed by atoms with Crippen molar-refractivity contribution < 1.29 is 4.74 Å². The molecule has 0 saturated carbocycles. The second kappa shape index (κ2) is 4.80. The topological polar surface area (TPSA) is 51.4 Å². The molecule has 1 fully saturated rings. The van der Waals surface area contributed by atoms with E-state index in [0.717, 1.165) is 30.9 Å². The minimum atomic E-state index is 0.0579. The van der Waals surface area contributed by atoms with E-state index in [4.69, 9.17) is 10.5 Å². The van der Waals surface area contributed by atoms with E-state index in [2.05, 4.69) is 16.0 Å². The third-order valence-electron chi connectivity index (χ3n) is 3.10. The minimum Gasteiger partial charge on any atom is -0.380 e. The van der Waals surface area contributed by atoms with Crippen molar-refractivity contribution in [1.82, 2.24) is 4.98 Å². The summed E-state index contributed by atoms with van der Waals surface area (Å²) in [5, 5.41) is 0. The van der Waals surface area contributed by atoms with Gasteiger partial charge in [0.25, 0.3) is 0 Å². The van der Waals surface area contributed by atoms with Crippen molar-refractivity contribution >= 4 is 5.82 Å². The quantitative estimate of drug-likeness (QED) is 0.836. The molecule has 2 atom stereocenters. The maximum atomic E-state index is 5.86. The lowest BCUT2D eigenvalue weighted by Gasteiger charge is -2.18. The maximum absolute atomic E-state index is 5.86. The molecule has 1 aromatic heterocycles. The zero-order valence-corrected chi connectivity index (χ0v) is 9.89. The van der Waals surface area contributed by atoms with Crippen LogP contribution in [-0.2, 0) is 4.74 Å². The number of methoxy groups -OCH3 is 1. The Bertz CT molecular complexity index is 354. The van der Waals surface area contributed by atoms with E-state index in [-0.39, 0.29) is 6.04 Å². The highest BCUT2D eigenvalue weighted by Gasteiger charge is 2.23. The summed E-state index contributed by atoms with van der Waals surface area (Å²) in [5.74, 6) is 1.01. The molecule has 0 amide bonds. The maximum Gasteiger partial charge on any atom is 0.128 e. The predicted molar refractivity (Wildman–Crippen MR) is 64.5 cm³/mol. The van der Waals surface area contributed by atoms with Gasteiger partial charge in [0.15, 0.2) is 0 Å². The second-order valence-electron chi connectivity index (χ2n) is 4.33. The highest BCUT2D eigenvalue weighted by atomic mass is 16.5. The molecule has 0 aliphatic carbocycles. The standard InChI is InChI=1S/C12H19N3O/c1-9(13)10-3-5-14-12(7-10)15-6-4-11(8-15)16-2/h3,5,7,9,11H,4,6,8,13H2,1-2H3. The molecule has 4 nitrogen and oxygen atoms in total. The van der Waals surface area contributed by atoms with Crippen LogP contribution >= 0.6 is 0 Å². The van der Waals surface area contributed by atoms with Crippen molar-refractivity contribution in [2.75, 3.05) is 25.1 Å². The average molecular weight is 221 g/mol. The molecule has 16 heavy (non-hydrogen) atoms. The number of rotatable bonds is 3. The summed E-state index contributed by atoms with van der Waals surface area (Å²) in [5.41, 5.74) is 6.99. The van der Waals surface area contributed by atoms with Crippen LogP contribution in [0.4, 0.5) is 5.82 Å². The Labute approximate surface area is 96.4 Å². The van der Waals surface area contributed by atoms with E-state index < -0.39 is 0 Å². The molecule has 0 aromatic carbocycles. The van der Waals surface area contributed by atoms with Crippen molar-refractivity contribution in [1.29, 1.82) is 0 Å². The summed E-state index contributed by atoms with van der Waals surface area (Å²) in [4.78, 5) is 6.64. The number of nitrogens with zero attached hydrogens (tertiary/aromatic N) is 2. The number of ether oxygens (including phenoxy) is 1. The Morgan fingerprint density at radius 3 is 3.06 bits per heavy atom. The third-order valence-corrected chi connectivity index (χ3v) is 3.10. The molecule has 2 N–H and O–H groups in total. The fourth-order valence-corrected chi connectivity index (χ4v) is 2.02. The summed E-state index contributed by atoms with van der Waals surface area (Å²) in [7, 11) is 1.76. The highest BCUT2D eigenvalue weighted by molar-refractivity contribution is 5.43. The Hall–Kier alpha value is -1.13. The first-order chi connectivity index (χ1) is 7.70. The van der Waals surface area contributed by atoms with Gasteiger partial charge in [0.1, 0.15) is 5.82 Å². The molecule has 0 spiro atoms. The number of pyridine rings is 1. The molecule has 4 heteroatoms. The minimum absolute atomic E-state index is 0.0579. The molecular weight excluding hydrogens is 202 g/mol. The van der Waals surface area contributed by atoms with Crippen molar-refractivity contribution in [3.05, 3.63) is 23.9 Å². The summed E-state index contributed by atoms with van der Waals surface area (Å²) in [6.45, 7) is 3.92. The molecule has 88 valence electrons. The lowest BCUT2D eigenvalue weighted by Crippen LogP contribution is -2.23. The lowest BCUT2D eigenvalue weighted by atomic mass is 10.1. The molecule has 1 saturated heterocycles. The van der Waals surface area contributed by atoms with Crippen molar-refractivity contribution in [3.8, 4) is 0 Å². The molecule has 1 aliphatic heterocycles. The smallest absolute Gasteiger partial charge is 0.128 e. The molecule has 2 heterocycles. The van der Waals surface area contributed by atoms with Gasteiger partial charge in [0.2, 0.25) is 0 Å². The van der Waals surface area contributed by atoms with Crippen LogP contribution in [-0.4, -0.2) is 31.3 Å².